The summed E-state index contributed by atoms with van der Waals surface area (Å²) in [7, 11) is 0. The molecule has 0 atom stereocenters. The lowest BCUT2D eigenvalue weighted by atomic mass is 10.0. The van der Waals surface area contributed by atoms with Gasteiger partial charge in [0.25, 0.3) is 0 Å². The van der Waals surface area contributed by atoms with Crippen molar-refractivity contribution in [1.29, 1.82) is 0 Å². The van der Waals surface area contributed by atoms with Gasteiger partial charge in [0, 0.05) is 18.8 Å². The summed E-state index contributed by atoms with van der Waals surface area (Å²) in [5, 5.41) is 0. The minimum atomic E-state index is -0.467. The van der Waals surface area contributed by atoms with Gasteiger partial charge in [0.15, 0.2) is 0 Å². The zero-order valence-corrected chi connectivity index (χ0v) is 8.15. The third kappa shape index (κ3) is 2.19. The molecule has 76 valence electrons. The highest BCUT2D eigenvalue weighted by molar-refractivity contribution is 5.63. The fourth-order valence-electron chi connectivity index (χ4n) is 1.46. The molecule has 0 aliphatic heterocycles. The molecule has 0 aliphatic rings. The second kappa shape index (κ2) is 4.19. The number of hydrogen-bond donors (Lipinski definition) is 1. The highest BCUT2D eigenvalue weighted by Crippen LogP contribution is 2.20. The Balaban J connectivity index is 2.44. The topological polar surface area (TPSA) is 38.9 Å². The molecule has 0 fully saturated rings. The van der Waals surface area contributed by atoms with Crippen molar-refractivity contribution in [2.75, 3.05) is 0 Å². The van der Waals surface area contributed by atoms with Crippen LogP contribution in [0.15, 0.2) is 42.6 Å². The molecular formula is C12H11FN2. The molecule has 0 aliphatic carbocycles. The van der Waals surface area contributed by atoms with Crippen LogP contribution in [0, 0.1) is 5.95 Å². The second-order valence-electron chi connectivity index (χ2n) is 3.27. The largest absolute Gasteiger partial charge is 0.326 e. The van der Waals surface area contributed by atoms with Crippen molar-refractivity contribution >= 4 is 0 Å². The standard InChI is InChI=1S/C12H11FN2/c13-12-7-11(4-5-15-12)10-3-1-2-9(6-10)8-14/h1-7H,8,14H2. The highest BCUT2D eigenvalue weighted by atomic mass is 19.1. The monoisotopic (exact) mass is 202 g/mol. The first-order valence-electron chi connectivity index (χ1n) is 4.70. The van der Waals surface area contributed by atoms with Crippen LogP contribution in [0.3, 0.4) is 0 Å². The van der Waals surface area contributed by atoms with Gasteiger partial charge in [-0.1, -0.05) is 18.2 Å². The fraction of sp³-hybridized carbons (Fsp3) is 0.0833. The lowest BCUT2D eigenvalue weighted by Gasteiger charge is -2.03. The Morgan fingerprint density at radius 3 is 2.67 bits per heavy atom. The first kappa shape index (κ1) is 9.80. The maximum absolute atomic E-state index is 12.9. The van der Waals surface area contributed by atoms with Crippen LogP contribution in [0.2, 0.25) is 0 Å². The lowest BCUT2D eigenvalue weighted by Crippen LogP contribution is -1.95. The molecule has 0 spiro atoms. The van der Waals surface area contributed by atoms with Crippen LogP contribution in [0.5, 0.6) is 0 Å². The second-order valence-corrected chi connectivity index (χ2v) is 3.27. The van der Waals surface area contributed by atoms with Crippen molar-refractivity contribution in [3.05, 3.63) is 54.1 Å². The van der Waals surface area contributed by atoms with E-state index in [1.54, 1.807) is 6.07 Å². The van der Waals surface area contributed by atoms with Gasteiger partial charge in [-0.15, -0.1) is 0 Å². The Hall–Kier alpha value is -1.74. The highest BCUT2D eigenvalue weighted by Gasteiger charge is 2.00. The van der Waals surface area contributed by atoms with E-state index in [0.29, 0.717) is 6.54 Å². The van der Waals surface area contributed by atoms with Gasteiger partial charge in [-0.3, -0.25) is 0 Å². The summed E-state index contributed by atoms with van der Waals surface area (Å²) in [6, 6.07) is 10.9. The lowest BCUT2D eigenvalue weighted by molar-refractivity contribution is 0.584. The predicted octanol–water partition coefficient (Wildman–Crippen LogP) is 2.35. The van der Waals surface area contributed by atoms with E-state index in [-0.39, 0.29) is 0 Å². The van der Waals surface area contributed by atoms with Crippen LogP contribution < -0.4 is 5.73 Å². The number of hydrogen-bond acceptors (Lipinski definition) is 2. The summed E-state index contributed by atoms with van der Waals surface area (Å²) in [5.74, 6) is -0.467. The van der Waals surface area contributed by atoms with Crippen LogP contribution in [0.1, 0.15) is 5.56 Å². The maximum Gasteiger partial charge on any atom is 0.213 e. The van der Waals surface area contributed by atoms with Crippen LogP contribution in [0.25, 0.3) is 11.1 Å². The Labute approximate surface area is 87.6 Å². The number of rotatable bonds is 2. The van der Waals surface area contributed by atoms with Crippen LogP contribution in [-0.4, -0.2) is 4.98 Å². The minimum Gasteiger partial charge on any atom is -0.326 e. The molecule has 1 aromatic carbocycles. The normalized spacial score (nSPS) is 10.3. The molecule has 2 rings (SSSR count). The van der Waals surface area contributed by atoms with Gasteiger partial charge in [-0.2, -0.15) is 4.39 Å². The van der Waals surface area contributed by atoms with Gasteiger partial charge in [-0.25, -0.2) is 4.98 Å². The maximum atomic E-state index is 12.9. The molecule has 0 radical (unpaired) electrons. The van der Waals surface area contributed by atoms with Gasteiger partial charge < -0.3 is 5.73 Å². The van der Waals surface area contributed by atoms with E-state index in [1.165, 1.54) is 12.3 Å². The quantitative estimate of drug-likeness (QED) is 0.759. The summed E-state index contributed by atoms with van der Waals surface area (Å²) < 4.78 is 12.9. The van der Waals surface area contributed by atoms with E-state index < -0.39 is 5.95 Å². The van der Waals surface area contributed by atoms with E-state index >= 15 is 0 Å². The number of pyridine rings is 1. The number of nitrogens with zero attached hydrogens (tertiary/aromatic N) is 1. The van der Waals surface area contributed by atoms with Crippen LogP contribution >= 0.6 is 0 Å². The first-order valence-corrected chi connectivity index (χ1v) is 4.70. The fourth-order valence-corrected chi connectivity index (χ4v) is 1.46. The number of nitrogens with two attached hydrogens (primary N) is 1. The van der Waals surface area contributed by atoms with Crippen molar-refractivity contribution in [2.45, 2.75) is 6.54 Å². The molecule has 0 saturated heterocycles. The minimum absolute atomic E-state index is 0.467. The van der Waals surface area contributed by atoms with Crippen LogP contribution in [0.4, 0.5) is 4.39 Å². The molecule has 0 amide bonds. The van der Waals surface area contributed by atoms with Gasteiger partial charge in [0.1, 0.15) is 0 Å². The molecular weight excluding hydrogens is 191 g/mol. The Morgan fingerprint density at radius 2 is 1.93 bits per heavy atom. The van der Waals surface area contributed by atoms with E-state index in [0.717, 1.165) is 16.7 Å². The smallest absolute Gasteiger partial charge is 0.213 e. The van der Waals surface area contributed by atoms with Gasteiger partial charge in [0.05, 0.1) is 0 Å². The van der Waals surface area contributed by atoms with Crippen molar-refractivity contribution in [3.8, 4) is 11.1 Å². The molecule has 1 aromatic heterocycles. The summed E-state index contributed by atoms with van der Waals surface area (Å²) in [5.41, 5.74) is 8.35. The molecule has 2 N–H and O–H groups in total. The summed E-state index contributed by atoms with van der Waals surface area (Å²) in [4.78, 5) is 3.52. The molecule has 3 heteroatoms. The average molecular weight is 202 g/mol. The Bertz CT molecular complexity index is 469. The Morgan fingerprint density at radius 1 is 1.13 bits per heavy atom. The average Bonchev–Trinajstić information content (AvgIpc) is 2.29. The SMILES string of the molecule is NCc1cccc(-c2ccnc(F)c2)c1. The third-order valence-electron chi connectivity index (χ3n) is 2.22. The van der Waals surface area contributed by atoms with E-state index in [2.05, 4.69) is 4.98 Å². The van der Waals surface area contributed by atoms with Gasteiger partial charge in [0.2, 0.25) is 5.95 Å². The van der Waals surface area contributed by atoms with Crippen molar-refractivity contribution in [1.82, 2.24) is 4.98 Å². The molecule has 2 nitrogen and oxygen atoms in total. The van der Waals surface area contributed by atoms with E-state index in [9.17, 15) is 4.39 Å². The summed E-state index contributed by atoms with van der Waals surface area (Å²) >= 11 is 0. The molecule has 15 heavy (non-hydrogen) atoms. The summed E-state index contributed by atoms with van der Waals surface area (Å²) in [6.07, 6.45) is 1.46. The molecule has 1 heterocycles. The van der Waals surface area contributed by atoms with Crippen molar-refractivity contribution in [2.24, 2.45) is 5.73 Å². The molecule has 0 unspecified atom stereocenters. The van der Waals surface area contributed by atoms with Gasteiger partial charge in [-0.05, 0) is 28.8 Å². The van der Waals surface area contributed by atoms with E-state index in [1.807, 2.05) is 24.3 Å². The van der Waals surface area contributed by atoms with Crippen molar-refractivity contribution < 1.29 is 4.39 Å². The Kier molecular flexibility index (Phi) is 2.74. The predicted molar refractivity (Wildman–Crippen MR) is 57.5 cm³/mol. The number of benzene rings is 1. The van der Waals surface area contributed by atoms with Gasteiger partial charge >= 0.3 is 0 Å². The zero-order valence-electron chi connectivity index (χ0n) is 8.15. The molecule has 0 bridgehead atoms. The first-order chi connectivity index (χ1) is 7.29. The number of halogens is 1. The third-order valence-corrected chi connectivity index (χ3v) is 2.22. The number of aromatic nitrogens is 1. The molecule has 0 saturated carbocycles. The summed E-state index contributed by atoms with van der Waals surface area (Å²) in [6.45, 7) is 0.488. The van der Waals surface area contributed by atoms with Crippen molar-refractivity contribution in [3.63, 3.8) is 0 Å². The zero-order chi connectivity index (χ0) is 10.7. The van der Waals surface area contributed by atoms with E-state index in [4.69, 9.17) is 5.73 Å². The van der Waals surface area contributed by atoms with Crippen LogP contribution in [-0.2, 0) is 6.54 Å². The molecule has 2 aromatic rings.